The van der Waals surface area contributed by atoms with Crippen molar-refractivity contribution in [1.82, 2.24) is 9.88 Å². The van der Waals surface area contributed by atoms with Crippen LogP contribution < -0.4 is 5.73 Å². The molecule has 0 bridgehead atoms. The number of nitrogens with two attached hydrogens (primary N) is 1. The normalized spacial score (nSPS) is 10.9. The van der Waals surface area contributed by atoms with E-state index < -0.39 is 0 Å². The van der Waals surface area contributed by atoms with E-state index in [1.54, 1.807) is 0 Å². The first kappa shape index (κ1) is 13.3. The minimum absolute atomic E-state index is 0.594. The molecular weight excluding hydrogens is 218 g/mol. The lowest BCUT2D eigenvalue weighted by atomic mass is 10.3. The molecule has 0 amide bonds. The Morgan fingerprint density at radius 3 is 2.62 bits per heavy atom. The van der Waals surface area contributed by atoms with Crippen molar-refractivity contribution in [2.24, 2.45) is 0 Å². The number of thioether (sulfide) groups is 1. The Morgan fingerprint density at radius 2 is 2.06 bits per heavy atom. The van der Waals surface area contributed by atoms with E-state index in [4.69, 9.17) is 5.73 Å². The molecule has 0 spiro atoms. The molecule has 0 radical (unpaired) electrons. The molecule has 1 aromatic rings. The average Bonchev–Trinajstić information content (AvgIpc) is 2.32. The fourth-order valence-corrected chi connectivity index (χ4v) is 2.38. The van der Waals surface area contributed by atoms with Crippen LogP contribution in [0, 0.1) is 0 Å². The molecule has 0 fully saturated rings. The van der Waals surface area contributed by atoms with E-state index in [0.717, 1.165) is 18.8 Å². The third-order valence-corrected chi connectivity index (χ3v) is 3.57. The highest BCUT2D eigenvalue weighted by atomic mass is 32.2. The number of aromatic nitrogens is 1. The zero-order chi connectivity index (χ0) is 11.8. The SMILES string of the molecule is CCN(CC)CCSCc1ccc(N)nc1. The van der Waals surface area contributed by atoms with Gasteiger partial charge in [-0.25, -0.2) is 4.98 Å². The van der Waals surface area contributed by atoms with Crippen LogP contribution in [0.2, 0.25) is 0 Å². The zero-order valence-electron chi connectivity index (χ0n) is 10.1. The fourth-order valence-electron chi connectivity index (χ4n) is 1.44. The highest BCUT2D eigenvalue weighted by Crippen LogP contribution is 2.12. The topological polar surface area (TPSA) is 42.1 Å². The summed E-state index contributed by atoms with van der Waals surface area (Å²) >= 11 is 1.95. The van der Waals surface area contributed by atoms with Crippen LogP contribution in [0.5, 0.6) is 0 Å². The molecule has 0 atom stereocenters. The van der Waals surface area contributed by atoms with Gasteiger partial charge >= 0.3 is 0 Å². The molecule has 3 nitrogen and oxygen atoms in total. The largest absolute Gasteiger partial charge is 0.384 e. The highest BCUT2D eigenvalue weighted by Gasteiger charge is 1.99. The standard InChI is InChI=1S/C12H21N3S/c1-3-15(4-2)7-8-16-10-11-5-6-12(13)14-9-11/h5-6,9H,3-4,7-8,10H2,1-2H3,(H2,13,14). The number of anilines is 1. The maximum Gasteiger partial charge on any atom is 0.123 e. The summed E-state index contributed by atoms with van der Waals surface area (Å²) in [7, 11) is 0. The second kappa shape index (κ2) is 7.52. The van der Waals surface area contributed by atoms with Gasteiger partial charge in [-0.15, -0.1) is 0 Å². The first-order valence-electron chi connectivity index (χ1n) is 5.76. The summed E-state index contributed by atoms with van der Waals surface area (Å²) in [5.74, 6) is 2.79. The average molecular weight is 239 g/mol. The third-order valence-electron chi connectivity index (χ3n) is 2.56. The van der Waals surface area contributed by atoms with Crippen molar-refractivity contribution in [3.8, 4) is 0 Å². The monoisotopic (exact) mass is 239 g/mol. The molecule has 0 aliphatic carbocycles. The summed E-state index contributed by atoms with van der Waals surface area (Å²) in [6, 6.07) is 3.91. The molecule has 90 valence electrons. The minimum Gasteiger partial charge on any atom is -0.384 e. The van der Waals surface area contributed by atoms with E-state index in [-0.39, 0.29) is 0 Å². The van der Waals surface area contributed by atoms with Crippen LogP contribution in [0.15, 0.2) is 18.3 Å². The number of pyridine rings is 1. The van der Waals surface area contributed by atoms with Gasteiger partial charge in [0.15, 0.2) is 0 Å². The summed E-state index contributed by atoms with van der Waals surface area (Å²) in [4.78, 5) is 6.52. The predicted octanol–water partition coefficient (Wildman–Crippen LogP) is 2.24. The summed E-state index contributed by atoms with van der Waals surface area (Å²) < 4.78 is 0. The van der Waals surface area contributed by atoms with Crippen molar-refractivity contribution in [3.63, 3.8) is 0 Å². The van der Waals surface area contributed by atoms with Crippen LogP contribution in [0.4, 0.5) is 5.82 Å². The quantitative estimate of drug-likeness (QED) is 0.741. The Kier molecular flexibility index (Phi) is 6.26. The van der Waals surface area contributed by atoms with Gasteiger partial charge < -0.3 is 10.6 Å². The summed E-state index contributed by atoms with van der Waals surface area (Å²) in [5, 5.41) is 0. The van der Waals surface area contributed by atoms with Gasteiger partial charge in [0.2, 0.25) is 0 Å². The smallest absolute Gasteiger partial charge is 0.123 e. The Hall–Kier alpha value is -0.740. The number of nitrogen functional groups attached to an aromatic ring is 1. The van der Waals surface area contributed by atoms with E-state index in [1.807, 2.05) is 30.1 Å². The van der Waals surface area contributed by atoms with Crippen molar-refractivity contribution < 1.29 is 0 Å². The van der Waals surface area contributed by atoms with Crippen LogP contribution in [0.1, 0.15) is 19.4 Å². The lowest BCUT2D eigenvalue weighted by Crippen LogP contribution is -2.25. The maximum atomic E-state index is 5.53. The number of hydrogen-bond acceptors (Lipinski definition) is 4. The van der Waals surface area contributed by atoms with Crippen LogP contribution in [0.25, 0.3) is 0 Å². The molecule has 2 N–H and O–H groups in total. The lowest BCUT2D eigenvalue weighted by Gasteiger charge is -2.17. The van der Waals surface area contributed by atoms with E-state index in [2.05, 4.69) is 23.7 Å². The van der Waals surface area contributed by atoms with Crippen molar-refractivity contribution >= 4 is 17.6 Å². The van der Waals surface area contributed by atoms with Crippen molar-refractivity contribution in [1.29, 1.82) is 0 Å². The molecule has 0 aromatic carbocycles. The fraction of sp³-hybridized carbons (Fsp3) is 0.583. The van der Waals surface area contributed by atoms with Gasteiger partial charge in [0.05, 0.1) is 0 Å². The summed E-state index contributed by atoms with van der Waals surface area (Å²) in [5.41, 5.74) is 6.78. The van der Waals surface area contributed by atoms with E-state index in [9.17, 15) is 0 Å². The van der Waals surface area contributed by atoms with Gasteiger partial charge in [0.1, 0.15) is 5.82 Å². The van der Waals surface area contributed by atoms with Gasteiger partial charge in [0.25, 0.3) is 0 Å². The highest BCUT2D eigenvalue weighted by molar-refractivity contribution is 7.98. The molecule has 16 heavy (non-hydrogen) atoms. The maximum absolute atomic E-state index is 5.53. The van der Waals surface area contributed by atoms with Crippen LogP contribution in [0.3, 0.4) is 0 Å². The molecule has 1 heterocycles. The van der Waals surface area contributed by atoms with Gasteiger partial charge in [0, 0.05) is 24.2 Å². The second-order valence-corrected chi connectivity index (χ2v) is 4.78. The molecule has 0 saturated heterocycles. The Bertz CT molecular complexity index is 283. The van der Waals surface area contributed by atoms with Gasteiger partial charge in [-0.05, 0) is 24.7 Å². The second-order valence-electron chi connectivity index (χ2n) is 3.67. The van der Waals surface area contributed by atoms with E-state index >= 15 is 0 Å². The lowest BCUT2D eigenvalue weighted by molar-refractivity contribution is 0.324. The summed E-state index contributed by atoms with van der Waals surface area (Å²) in [6.07, 6.45) is 1.86. The van der Waals surface area contributed by atoms with Crippen molar-refractivity contribution in [2.75, 3.05) is 31.1 Å². The molecule has 1 rings (SSSR count). The first-order valence-corrected chi connectivity index (χ1v) is 6.92. The van der Waals surface area contributed by atoms with Crippen molar-refractivity contribution in [3.05, 3.63) is 23.9 Å². The van der Waals surface area contributed by atoms with Gasteiger partial charge in [-0.1, -0.05) is 19.9 Å². The van der Waals surface area contributed by atoms with Crippen LogP contribution in [-0.2, 0) is 5.75 Å². The van der Waals surface area contributed by atoms with Crippen LogP contribution >= 0.6 is 11.8 Å². The molecule has 0 saturated carbocycles. The van der Waals surface area contributed by atoms with Crippen LogP contribution in [-0.4, -0.2) is 35.3 Å². The predicted molar refractivity (Wildman–Crippen MR) is 72.6 cm³/mol. The molecule has 0 aliphatic heterocycles. The van der Waals surface area contributed by atoms with E-state index in [1.165, 1.54) is 17.9 Å². The Balaban J connectivity index is 2.18. The number of hydrogen-bond donors (Lipinski definition) is 1. The Morgan fingerprint density at radius 1 is 1.31 bits per heavy atom. The first-order chi connectivity index (χ1) is 7.76. The Labute approximate surface area is 102 Å². The zero-order valence-corrected chi connectivity index (χ0v) is 11.0. The minimum atomic E-state index is 0.594. The molecular formula is C12H21N3S. The van der Waals surface area contributed by atoms with E-state index in [0.29, 0.717) is 5.82 Å². The summed E-state index contributed by atoms with van der Waals surface area (Å²) in [6.45, 7) is 7.86. The van der Waals surface area contributed by atoms with Gasteiger partial charge in [-0.3, -0.25) is 0 Å². The molecule has 1 aromatic heterocycles. The molecule has 0 unspecified atom stereocenters. The number of nitrogens with zero attached hydrogens (tertiary/aromatic N) is 2. The molecule has 0 aliphatic rings. The third kappa shape index (κ3) is 4.86. The molecule has 4 heteroatoms. The van der Waals surface area contributed by atoms with Crippen molar-refractivity contribution in [2.45, 2.75) is 19.6 Å². The van der Waals surface area contributed by atoms with Gasteiger partial charge in [-0.2, -0.15) is 11.8 Å². The number of rotatable bonds is 7.